The van der Waals surface area contributed by atoms with Gasteiger partial charge >= 0.3 is 0 Å². The second-order valence-corrected chi connectivity index (χ2v) is 10.6. The van der Waals surface area contributed by atoms with Crippen LogP contribution in [0.25, 0.3) is 54.6 Å². The summed E-state index contributed by atoms with van der Waals surface area (Å²) in [6.07, 6.45) is 0. The first-order valence-corrected chi connectivity index (χ1v) is 12.0. The van der Waals surface area contributed by atoms with Crippen LogP contribution >= 0.6 is 0 Å². The lowest BCUT2D eigenvalue weighted by atomic mass is 9.81. The molecule has 0 radical (unpaired) electrons. The van der Waals surface area contributed by atoms with E-state index < -0.39 is 0 Å². The summed E-state index contributed by atoms with van der Waals surface area (Å²) in [6, 6.07) is 33.5. The molecule has 0 bridgehead atoms. The van der Waals surface area contributed by atoms with Crippen LogP contribution < -0.4 is 5.73 Å². The minimum Gasteiger partial charge on any atom is -0.399 e. The largest absolute Gasteiger partial charge is 0.399 e. The van der Waals surface area contributed by atoms with Gasteiger partial charge in [0.25, 0.3) is 0 Å². The van der Waals surface area contributed by atoms with Gasteiger partial charge in [0.1, 0.15) is 0 Å². The number of nitrogen functional groups attached to an aromatic ring is 1. The van der Waals surface area contributed by atoms with Crippen LogP contribution in [0.2, 0.25) is 0 Å². The molecule has 0 aliphatic heterocycles. The lowest BCUT2D eigenvalue weighted by Gasteiger charge is -2.23. The molecule has 6 aromatic carbocycles. The van der Waals surface area contributed by atoms with E-state index >= 15 is 0 Å². The molecule has 34 heavy (non-hydrogen) atoms. The molecule has 0 aliphatic carbocycles. The third-order valence-electron chi connectivity index (χ3n) is 7.17. The van der Waals surface area contributed by atoms with E-state index in [1.165, 1.54) is 65.7 Å². The Morgan fingerprint density at radius 1 is 0.559 bits per heavy atom. The molecule has 0 unspecified atom stereocenters. The molecule has 0 saturated carbocycles. The molecule has 6 aromatic rings. The van der Waals surface area contributed by atoms with Crippen molar-refractivity contribution in [3.8, 4) is 22.3 Å². The number of rotatable bonds is 2. The molecule has 1 heteroatoms. The number of hydrogen-bond acceptors (Lipinski definition) is 1. The van der Waals surface area contributed by atoms with Crippen LogP contribution in [0.5, 0.6) is 0 Å². The smallest absolute Gasteiger partial charge is 0.0314 e. The van der Waals surface area contributed by atoms with Crippen LogP contribution in [0.1, 0.15) is 31.9 Å². The molecular weight excluding hydrogens is 410 g/mol. The Morgan fingerprint density at radius 2 is 1.06 bits per heavy atom. The van der Waals surface area contributed by atoms with Gasteiger partial charge in [-0.25, -0.2) is 0 Å². The predicted octanol–water partition coefficient (Wildman–Crippen LogP) is 9.11. The van der Waals surface area contributed by atoms with Crippen molar-refractivity contribution in [2.75, 3.05) is 5.73 Å². The van der Waals surface area contributed by atoms with Gasteiger partial charge in [-0.15, -0.1) is 0 Å². The number of benzene rings is 6. The maximum atomic E-state index is 6.02. The van der Waals surface area contributed by atoms with Crippen molar-refractivity contribution in [1.82, 2.24) is 0 Å². The predicted molar refractivity (Wildman–Crippen MR) is 149 cm³/mol. The van der Waals surface area contributed by atoms with E-state index in [2.05, 4.69) is 107 Å². The fraction of sp³-hybridized carbons (Fsp3) is 0.152. The average Bonchev–Trinajstić information content (AvgIpc) is 2.82. The van der Waals surface area contributed by atoms with Crippen molar-refractivity contribution in [2.24, 2.45) is 0 Å². The summed E-state index contributed by atoms with van der Waals surface area (Å²) in [7, 11) is 0. The number of aryl methyl sites for hydroxylation is 1. The summed E-state index contributed by atoms with van der Waals surface area (Å²) >= 11 is 0. The number of anilines is 1. The highest BCUT2D eigenvalue weighted by molar-refractivity contribution is 6.28. The fourth-order valence-corrected chi connectivity index (χ4v) is 5.22. The normalized spacial score (nSPS) is 12.2. The summed E-state index contributed by atoms with van der Waals surface area (Å²) in [5, 5.41) is 7.92. The van der Waals surface area contributed by atoms with Gasteiger partial charge in [-0.3, -0.25) is 0 Å². The first-order valence-electron chi connectivity index (χ1n) is 12.0. The second kappa shape index (κ2) is 7.33. The minimum absolute atomic E-state index is 0.104. The second-order valence-electron chi connectivity index (χ2n) is 10.6. The average molecular weight is 440 g/mol. The van der Waals surface area contributed by atoms with Gasteiger partial charge in [0.05, 0.1) is 0 Å². The standard InChI is InChI=1S/C33H29N/c1-20-5-7-21(8-6-20)29-19-30(22-9-13-26(34)14-10-22)28-16-12-24-18-25(33(2,3)4)17-23-11-15-27(29)32(28)31(23)24/h5-19H,34H2,1-4H3. The molecule has 1 nitrogen and oxygen atoms in total. The van der Waals surface area contributed by atoms with Crippen LogP contribution in [0.4, 0.5) is 5.69 Å². The summed E-state index contributed by atoms with van der Waals surface area (Å²) < 4.78 is 0. The number of nitrogens with two attached hydrogens (primary N) is 1. The monoisotopic (exact) mass is 439 g/mol. The van der Waals surface area contributed by atoms with Crippen LogP contribution in [0.3, 0.4) is 0 Å². The van der Waals surface area contributed by atoms with Gasteiger partial charge in [0.15, 0.2) is 0 Å². The van der Waals surface area contributed by atoms with Crippen molar-refractivity contribution < 1.29 is 0 Å². The van der Waals surface area contributed by atoms with Crippen molar-refractivity contribution in [3.05, 3.63) is 102 Å². The molecule has 0 heterocycles. The van der Waals surface area contributed by atoms with Gasteiger partial charge in [0.2, 0.25) is 0 Å². The van der Waals surface area contributed by atoms with Crippen LogP contribution in [0, 0.1) is 6.92 Å². The maximum absolute atomic E-state index is 6.02. The van der Waals surface area contributed by atoms with Gasteiger partial charge in [-0.2, -0.15) is 0 Å². The molecule has 0 amide bonds. The third-order valence-corrected chi connectivity index (χ3v) is 7.17. The first kappa shape index (κ1) is 20.7. The molecule has 2 N–H and O–H groups in total. The SMILES string of the molecule is Cc1ccc(-c2cc(-c3ccc(N)cc3)c3ccc4cc(C(C)(C)C)cc5ccc2c3c54)cc1. The minimum atomic E-state index is 0.104. The Balaban J connectivity index is 1.77. The Kier molecular flexibility index (Phi) is 4.47. The van der Waals surface area contributed by atoms with Crippen molar-refractivity contribution in [1.29, 1.82) is 0 Å². The zero-order chi connectivity index (χ0) is 23.6. The van der Waals surface area contributed by atoms with Crippen LogP contribution in [-0.4, -0.2) is 0 Å². The summed E-state index contributed by atoms with van der Waals surface area (Å²) in [5.74, 6) is 0. The molecule has 6 rings (SSSR count). The van der Waals surface area contributed by atoms with Crippen molar-refractivity contribution in [2.45, 2.75) is 33.1 Å². The highest BCUT2D eigenvalue weighted by Gasteiger charge is 2.20. The lowest BCUT2D eigenvalue weighted by Crippen LogP contribution is -2.10. The molecule has 166 valence electrons. The Bertz CT molecular complexity index is 1550. The molecule has 0 aliphatic rings. The molecular formula is C33H29N. The molecule has 0 fully saturated rings. The highest BCUT2D eigenvalue weighted by Crippen LogP contribution is 2.45. The summed E-state index contributed by atoms with van der Waals surface area (Å²) in [6.45, 7) is 9.00. The van der Waals surface area contributed by atoms with E-state index in [0.29, 0.717) is 0 Å². The van der Waals surface area contributed by atoms with Crippen LogP contribution in [-0.2, 0) is 5.41 Å². The Hall–Kier alpha value is -3.84. The van der Waals surface area contributed by atoms with Crippen molar-refractivity contribution in [3.63, 3.8) is 0 Å². The quantitative estimate of drug-likeness (QED) is 0.211. The Labute approximate surface area is 201 Å². The topological polar surface area (TPSA) is 26.0 Å². The lowest BCUT2D eigenvalue weighted by molar-refractivity contribution is 0.591. The Morgan fingerprint density at radius 3 is 1.56 bits per heavy atom. The van der Waals surface area contributed by atoms with Gasteiger partial charge < -0.3 is 5.73 Å². The van der Waals surface area contributed by atoms with E-state index in [-0.39, 0.29) is 5.41 Å². The molecule has 0 saturated heterocycles. The van der Waals surface area contributed by atoms with Gasteiger partial charge in [-0.1, -0.05) is 99.1 Å². The zero-order valence-corrected chi connectivity index (χ0v) is 20.2. The van der Waals surface area contributed by atoms with Crippen LogP contribution in [0.15, 0.2) is 91.0 Å². The zero-order valence-electron chi connectivity index (χ0n) is 20.2. The first-order chi connectivity index (χ1) is 16.3. The van der Waals surface area contributed by atoms with Gasteiger partial charge in [-0.05, 0) is 90.7 Å². The van der Waals surface area contributed by atoms with Crippen molar-refractivity contribution >= 4 is 38.0 Å². The molecule has 0 atom stereocenters. The fourth-order valence-electron chi connectivity index (χ4n) is 5.22. The van der Waals surface area contributed by atoms with E-state index in [4.69, 9.17) is 5.73 Å². The summed E-state index contributed by atoms with van der Waals surface area (Å²) in [4.78, 5) is 0. The van der Waals surface area contributed by atoms with E-state index in [1.807, 2.05) is 12.1 Å². The van der Waals surface area contributed by atoms with E-state index in [0.717, 1.165) is 5.69 Å². The third kappa shape index (κ3) is 3.23. The highest BCUT2D eigenvalue weighted by atomic mass is 14.5. The van der Waals surface area contributed by atoms with E-state index in [1.54, 1.807) is 0 Å². The summed E-state index contributed by atoms with van der Waals surface area (Å²) in [5.41, 5.74) is 14.5. The number of hydrogen-bond donors (Lipinski definition) is 1. The van der Waals surface area contributed by atoms with Gasteiger partial charge in [0, 0.05) is 5.69 Å². The molecule has 0 spiro atoms. The molecule has 0 aromatic heterocycles. The van der Waals surface area contributed by atoms with E-state index in [9.17, 15) is 0 Å². The maximum Gasteiger partial charge on any atom is 0.0314 e.